The fourth-order valence-electron chi connectivity index (χ4n) is 1.47. The molecule has 0 bridgehead atoms. The number of aliphatic imine (C=N–C) groups is 1. The molecule has 0 aliphatic heterocycles. The molecular formula is C11H23N3O. The summed E-state index contributed by atoms with van der Waals surface area (Å²) in [6.07, 6.45) is 2.48. The van der Waals surface area contributed by atoms with Crippen molar-refractivity contribution in [1.29, 1.82) is 0 Å². The first-order chi connectivity index (χ1) is 6.96. The fourth-order valence-corrected chi connectivity index (χ4v) is 1.47. The Bertz CT molecular complexity index is 234. The Morgan fingerprint density at radius 1 is 1.53 bits per heavy atom. The minimum Gasteiger partial charge on any atom is -0.374 e. The molecule has 0 saturated heterocycles. The molecule has 0 heterocycles. The lowest BCUT2D eigenvalue weighted by molar-refractivity contribution is -0.00227. The highest BCUT2D eigenvalue weighted by Crippen LogP contribution is 2.24. The van der Waals surface area contributed by atoms with E-state index in [9.17, 15) is 0 Å². The molecule has 0 radical (unpaired) electrons. The van der Waals surface area contributed by atoms with Gasteiger partial charge in [0.25, 0.3) is 0 Å². The summed E-state index contributed by atoms with van der Waals surface area (Å²) in [7, 11) is 2.00. The van der Waals surface area contributed by atoms with Crippen molar-refractivity contribution in [2.24, 2.45) is 10.7 Å². The lowest BCUT2D eigenvalue weighted by Crippen LogP contribution is -2.38. The number of rotatable bonds is 5. The quantitative estimate of drug-likeness (QED) is 0.551. The molecule has 4 heteroatoms. The maximum absolute atomic E-state index is 5.88. The van der Waals surface area contributed by atoms with Crippen molar-refractivity contribution in [2.75, 3.05) is 20.2 Å². The Labute approximate surface area is 92.5 Å². The highest BCUT2D eigenvalue weighted by Gasteiger charge is 2.27. The number of ether oxygens (including phenoxy) is 1. The van der Waals surface area contributed by atoms with Crippen molar-refractivity contribution in [1.82, 2.24) is 4.90 Å². The summed E-state index contributed by atoms with van der Waals surface area (Å²) in [5, 5.41) is 0. The third-order valence-electron chi connectivity index (χ3n) is 2.61. The van der Waals surface area contributed by atoms with Crippen LogP contribution in [0.3, 0.4) is 0 Å². The summed E-state index contributed by atoms with van der Waals surface area (Å²) >= 11 is 0. The zero-order valence-electron chi connectivity index (χ0n) is 10.3. The summed E-state index contributed by atoms with van der Waals surface area (Å²) in [5.74, 6) is 0.630. The molecule has 0 spiro atoms. The third-order valence-corrected chi connectivity index (χ3v) is 2.61. The molecule has 0 aromatic rings. The highest BCUT2D eigenvalue weighted by atomic mass is 16.5. The van der Waals surface area contributed by atoms with Gasteiger partial charge in [0, 0.05) is 19.7 Å². The monoisotopic (exact) mass is 213 g/mol. The van der Waals surface area contributed by atoms with Crippen LogP contribution in [0.15, 0.2) is 4.99 Å². The molecule has 2 N–H and O–H groups in total. The summed E-state index contributed by atoms with van der Waals surface area (Å²) in [4.78, 5) is 6.43. The second-order valence-corrected chi connectivity index (χ2v) is 4.71. The molecule has 15 heavy (non-hydrogen) atoms. The molecule has 1 fully saturated rings. The van der Waals surface area contributed by atoms with Gasteiger partial charge in [-0.3, -0.25) is 4.99 Å². The van der Waals surface area contributed by atoms with E-state index in [0.717, 1.165) is 0 Å². The maximum atomic E-state index is 5.88. The minimum absolute atomic E-state index is 0.218. The van der Waals surface area contributed by atoms with Crippen LogP contribution < -0.4 is 5.73 Å². The van der Waals surface area contributed by atoms with Gasteiger partial charge in [-0.25, -0.2) is 0 Å². The lowest BCUT2D eigenvalue weighted by atomic mass is 10.1. The predicted octanol–water partition coefficient (Wildman–Crippen LogP) is 1.21. The number of guanidine groups is 1. The summed E-state index contributed by atoms with van der Waals surface area (Å²) in [6.45, 7) is 7.38. The first-order valence-corrected chi connectivity index (χ1v) is 5.63. The van der Waals surface area contributed by atoms with Gasteiger partial charge in [-0.2, -0.15) is 0 Å². The van der Waals surface area contributed by atoms with Crippen molar-refractivity contribution in [3.8, 4) is 0 Å². The van der Waals surface area contributed by atoms with E-state index >= 15 is 0 Å². The van der Waals surface area contributed by atoms with Crippen molar-refractivity contribution < 1.29 is 4.74 Å². The second kappa shape index (κ2) is 4.84. The largest absolute Gasteiger partial charge is 0.374 e. The Morgan fingerprint density at radius 2 is 2.13 bits per heavy atom. The van der Waals surface area contributed by atoms with Gasteiger partial charge >= 0.3 is 0 Å². The average Bonchev–Trinajstić information content (AvgIpc) is 2.96. The van der Waals surface area contributed by atoms with E-state index in [0.29, 0.717) is 25.2 Å². The van der Waals surface area contributed by atoms with Crippen LogP contribution in [0.2, 0.25) is 0 Å². The van der Waals surface area contributed by atoms with Crippen molar-refractivity contribution >= 4 is 5.96 Å². The normalized spacial score (nSPS) is 18.0. The Hall–Kier alpha value is -0.770. The summed E-state index contributed by atoms with van der Waals surface area (Å²) in [6, 6.07) is 0.615. The zero-order valence-corrected chi connectivity index (χ0v) is 10.3. The third kappa shape index (κ3) is 4.08. The molecular weight excluding hydrogens is 190 g/mol. The number of hydrogen-bond donors (Lipinski definition) is 1. The Kier molecular flexibility index (Phi) is 3.97. The van der Waals surface area contributed by atoms with Gasteiger partial charge in [0.05, 0.1) is 12.1 Å². The minimum atomic E-state index is -0.218. The van der Waals surface area contributed by atoms with Crippen LogP contribution >= 0.6 is 0 Å². The molecule has 0 atom stereocenters. The molecule has 1 saturated carbocycles. The summed E-state index contributed by atoms with van der Waals surface area (Å²) < 4.78 is 5.55. The van der Waals surface area contributed by atoms with E-state index in [1.807, 2.05) is 27.8 Å². The van der Waals surface area contributed by atoms with Crippen molar-refractivity contribution in [3.05, 3.63) is 0 Å². The van der Waals surface area contributed by atoms with Gasteiger partial charge in [-0.1, -0.05) is 0 Å². The first-order valence-electron chi connectivity index (χ1n) is 5.63. The van der Waals surface area contributed by atoms with Crippen LogP contribution in [0.5, 0.6) is 0 Å². The Balaban J connectivity index is 2.40. The number of nitrogens with zero attached hydrogens (tertiary/aromatic N) is 2. The number of hydrogen-bond acceptors (Lipinski definition) is 2. The fraction of sp³-hybridized carbons (Fsp3) is 0.909. The molecule has 0 aromatic heterocycles. The van der Waals surface area contributed by atoms with Crippen LogP contribution in [-0.4, -0.2) is 42.7 Å². The second-order valence-electron chi connectivity index (χ2n) is 4.71. The van der Waals surface area contributed by atoms with Gasteiger partial charge in [-0.05, 0) is 33.6 Å². The number of nitrogens with two attached hydrogens (primary N) is 1. The molecule has 1 aliphatic carbocycles. The smallest absolute Gasteiger partial charge is 0.191 e. The maximum Gasteiger partial charge on any atom is 0.191 e. The zero-order chi connectivity index (χ0) is 11.5. The van der Waals surface area contributed by atoms with Gasteiger partial charge in [0.1, 0.15) is 0 Å². The van der Waals surface area contributed by atoms with Gasteiger partial charge in [0.15, 0.2) is 5.96 Å². The molecule has 0 amide bonds. The topological polar surface area (TPSA) is 50.9 Å². The van der Waals surface area contributed by atoms with Gasteiger partial charge in [-0.15, -0.1) is 0 Å². The SMILES string of the molecule is CCOC(C)(C)CN=C(N)N(C)C1CC1. The van der Waals surface area contributed by atoms with Crippen molar-refractivity contribution in [2.45, 2.75) is 45.3 Å². The van der Waals surface area contributed by atoms with Crippen LogP contribution in [0.1, 0.15) is 33.6 Å². The Morgan fingerprint density at radius 3 is 2.60 bits per heavy atom. The van der Waals surface area contributed by atoms with E-state index in [4.69, 9.17) is 10.5 Å². The van der Waals surface area contributed by atoms with Crippen LogP contribution in [0, 0.1) is 0 Å². The van der Waals surface area contributed by atoms with Gasteiger partial charge < -0.3 is 15.4 Å². The molecule has 0 aromatic carbocycles. The molecule has 4 nitrogen and oxygen atoms in total. The average molecular weight is 213 g/mol. The van der Waals surface area contributed by atoms with Crippen LogP contribution in [0.4, 0.5) is 0 Å². The molecule has 88 valence electrons. The van der Waals surface area contributed by atoms with E-state index in [1.54, 1.807) is 0 Å². The summed E-state index contributed by atoms with van der Waals surface area (Å²) in [5.41, 5.74) is 5.66. The van der Waals surface area contributed by atoms with E-state index < -0.39 is 0 Å². The predicted molar refractivity (Wildman–Crippen MR) is 63.0 cm³/mol. The standard InChI is InChI=1S/C11H23N3O/c1-5-15-11(2,3)8-13-10(12)14(4)9-6-7-9/h9H,5-8H2,1-4H3,(H2,12,13). The highest BCUT2D eigenvalue weighted by molar-refractivity contribution is 5.78. The first kappa shape index (κ1) is 12.3. The van der Waals surface area contributed by atoms with E-state index in [-0.39, 0.29) is 5.60 Å². The lowest BCUT2D eigenvalue weighted by Gasteiger charge is -2.24. The van der Waals surface area contributed by atoms with Crippen LogP contribution in [-0.2, 0) is 4.74 Å². The molecule has 0 unspecified atom stereocenters. The van der Waals surface area contributed by atoms with E-state index in [1.165, 1.54) is 12.8 Å². The van der Waals surface area contributed by atoms with Crippen molar-refractivity contribution in [3.63, 3.8) is 0 Å². The molecule has 1 aliphatic rings. The van der Waals surface area contributed by atoms with Crippen LogP contribution in [0.25, 0.3) is 0 Å². The van der Waals surface area contributed by atoms with Gasteiger partial charge in [0.2, 0.25) is 0 Å². The van der Waals surface area contributed by atoms with E-state index in [2.05, 4.69) is 9.89 Å². The molecule has 1 rings (SSSR count).